The first-order chi connectivity index (χ1) is 22.1. The highest BCUT2D eigenvalue weighted by molar-refractivity contribution is 7.90. The molecule has 14 nitrogen and oxygen atoms in total. The summed E-state index contributed by atoms with van der Waals surface area (Å²) in [7, 11) is -3.36. The summed E-state index contributed by atoms with van der Waals surface area (Å²) in [6.45, 7) is 11.0. The van der Waals surface area contributed by atoms with E-state index < -0.39 is 57.8 Å². The van der Waals surface area contributed by atoms with Gasteiger partial charge in [-0.05, 0) is 63.9 Å². The zero-order valence-electron chi connectivity index (χ0n) is 27.5. The van der Waals surface area contributed by atoms with Crippen molar-refractivity contribution in [2.24, 2.45) is 11.2 Å². The van der Waals surface area contributed by atoms with Crippen LogP contribution in [-0.2, 0) is 35.3 Å². The minimum absolute atomic E-state index is 0.120. The first-order valence-electron chi connectivity index (χ1n) is 14.5. The number of benzene rings is 2. The molecule has 1 aromatic heterocycles. The van der Waals surface area contributed by atoms with Gasteiger partial charge in [-0.15, -0.1) is 5.01 Å². The predicted octanol–water partition coefficient (Wildman–Crippen LogP) is 5.73. The number of hydrazine groups is 1. The van der Waals surface area contributed by atoms with Crippen molar-refractivity contribution in [2.45, 2.75) is 77.5 Å². The van der Waals surface area contributed by atoms with Gasteiger partial charge in [0.2, 0.25) is 5.28 Å². The molecule has 48 heavy (non-hydrogen) atoms. The maximum atomic E-state index is 13.6. The van der Waals surface area contributed by atoms with Crippen LogP contribution in [0.1, 0.15) is 52.8 Å². The number of carbonyl (C=O) groups excluding carboxylic acids is 2. The molecule has 3 aromatic rings. The molecule has 1 heterocycles. The molecule has 1 unspecified atom stereocenters. The minimum Gasteiger partial charge on any atom is -0.569 e. The molecule has 0 radical (unpaired) electrons. The number of hydrogen-bond acceptors (Lipinski definition) is 10. The van der Waals surface area contributed by atoms with E-state index in [4.69, 9.17) is 14.3 Å². The van der Waals surface area contributed by atoms with E-state index in [0.29, 0.717) is 5.56 Å². The van der Waals surface area contributed by atoms with Crippen molar-refractivity contribution >= 4 is 22.1 Å². The number of sulfonamides is 1. The van der Waals surface area contributed by atoms with Gasteiger partial charge in [-0.1, -0.05) is 43.7 Å². The molecule has 0 saturated heterocycles. The number of carbonyl (C=O) groups is 2. The van der Waals surface area contributed by atoms with Crippen LogP contribution in [0.4, 0.5) is 18.0 Å². The smallest absolute Gasteiger partial charge is 0.511 e. The Hall–Kier alpha value is -4.87. The lowest BCUT2D eigenvalue weighted by atomic mass is 10.0. The Morgan fingerprint density at radius 1 is 1.04 bits per heavy atom. The highest BCUT2D eigenvalue weighted by atomic mass is 32.2. The Bertz CT molecular complexity index is 1740. The molecule has 0 saturated carbocycles. The number of halogens is 3. The van der Waals surface area contributed by atoms with Crippen molar-refractivity contribution < 1.29 is 50.5 Å². The number of rotatable bonds is 11. The van der Waals surface area contributed by atoms with Crippen molar-refractivity contribution in [1.29, 1.82) is 0 Å². The molecule has 0 aliphatic carbocycles. The third-order valence-corrected chi connectivity index (χ3v) is 7.83. The van der Waals surface area contributed by atoms with Gasteiger partial charge in [0.1, 0.15) is 5.60 Å². The molecule has 2 aromatic carbocycles. The van der Waals surface area contributed by atoms with Crippen LogP contribution >= 0.6 is 0 Å². The van der Waals surface area contributed by atoms with Crippen LogP contribution in [0.15, 0.2) is 64.8 Å². The predicted molar refractivity (Wildman–Crippen MR) is 164 cm³/mol. The second-order valence-corrected chi connectivity index (χ2v) is 13.7. The summed E-state index contributed by atoms with van der Waals surface area (Å²) in [4.78, 5) is 29.3. The van der Waals surface area contributed by atoms with E-state index in [1.54, 1.807) is 58.9 Å². The lowest BCUT2D eigenvalue weighted by Gasteiger charge is -2.26. The number of alkyl halides is 3. The van der Waals surface area contributed by atoms with Gasteiger partial charge in [-0.25, -0.2) is 22.6 Å². The first kappa shape index (κ1) is 37.6. The van der Waals surface area contributed by atoms with E-state index in [9.17, 15) is 36.4 Å². The van der Waals surface area contributed by atoms with E-state index >= 15 is 0 Å². The van der Waals surface area contributed by atoms with Crippen LogP contribution in [0, 0.1) is 18.0 Å². The molecular formula is C30H37F3N6O8S. The van der Waals surface area contributed by atoms with E-state index in [1.165, 1.54) is 19.1 Å². The van der Waals surface area contributed by atoms with Gasteiger partial charge >= 0.3 is 12.3 Å². The number of nitrogens with zero attached hydrogens (tertiary/aromatic N) is 5. The molecule has 0 fully saturated rings. The molecule has 2 atom stereocenters. The van der Waals surface area contributed by atoms with Crippen LogP contribution in [0.3, 0.4) is 0 Å². The third-order valence-electron chi connectivity index (χ3n) is 6.46. The van der Waals surface area contributed by atoms with Crippen LogP contribution in [0.2, 0.25) is 0 Å². The van der Waals surface area contributed by atoms with E-state index in [-0.39, 0.29) is 21.2 Å². The Labute approximate surface area is 275 Å². The van der Waals surface area contributed by atoms with Crippen LogP contribution in [-0.4, -0.2) is 65.2 Å². The monoisotopic (exact) mass is 698 g/mol. The van der Waals surface area contributed by atoms with E-state index in [1.807, 2.05) is 11.6 Å². The maximum Gasteiger partial charge on any atom is 0.511 e. The van der Waals surface area contributed by atoms with Gasteiger partial charge in [-0.3, -0.25) is 9.63 Å². The van der Waals surface area contributed by atoms with Crippen LogP contribution < -0.4 is 4.72 Å². The first-order valence-corrected chi connectivity index (χ1v) is 15.9. The molecule has 1 amide bonds. The highest BCUT2D eigenvalue weighted by Gasteiger charge is 2.36. The number of amides is 1. The van der Waals surface area contributed by atoms with Gasteiger partial charge in [0, 0.05) is 12.5 Å². The Morgan fingerprint density at radius 2 is 1.62 bits per heavy atom. The molecule has 0 aliphatic heterocycles. The second kappa shape index (κ2) is 14.5. The summed E-state index contributed by atoms with van der Waals surface area (Å²) in [5, 5.41) is 20.3. The van der Waals surface area contributed by atoms with Crippen molar-refractivity contribution in [1.82, 2.24) is 19.5 Å². The Balaban J connectivity index is 1.79. The third kappa shape index (κ3) is 9.82. The topological polar surface area (TPSA) is 167 Å². The lowest BCUT2D eigenvalue weighted by Crippen LogP contribution is -2.51. The van der Waals surface area contributed by atoms with Crippen molar-refractivity contribution in [3.63, 3.8) is 0 Å². The summed E-state index contributed by atoms with van der Waals surface area (Å²) in [5.41, 5.74) is -0.388. The van der Waals surface area contributed by atoms with E-state index in [2.05, 4.69) is 10.4 Å². The zero-order valence-corrected chi connectivity index (χ0v) is 28.3. The van der Waals surface area contributed by atoms with Crippen molar-refractivity contribution in [2.75, 3.05) is 7.05 Å². The van der Waals surface area contributed by atoms with Gasteiger partial charge < -0.3 is 14.7 Å². The highest BCUT2D eigenvalue weighted by Crippen LogP contribution is 2.33. The Morgan fingerprint density at radius 3 is 2.15 bits per heavy atom. The van der Waals surface area contributed by atoms with Gasteiger partial charge in [0.25, 0.3) is 22.2 Å². The molecule has 3 rings (SSSR count). The second-order valence-electron chi connectivity index (χ2n) is 12.0. The number of aryl methyl sites for hydroxylation is 1. The average Bonchev–Trinajstić information content (AvgIpc) is 3.41. The molecule has 0 spiro atoms. The summed E-state index contributed by atoms with van der Waals surface area (Å²) in [6, 6.07) is 10.9. The fourth-order valence-corrected chi connectivity index (χ4v) is 5.27. The molecule has 18 heteroatoms. The normalized spacial score (nSPS) is 13.9. The quantitative estimate of drug-likeness (QED) is 0.0858. The zero-order chi connectivity index (χ0) is 36.2. The fourth-order valence-electron chi connectivity index (χ4n) is 4.27. The average molecular weight is 699 g/mol. The lowest BCUT2D eigenvalue weighted by molar-refractivity contribution is -0.713. The minimum atomic E-state index is -4.73. The summed E-state index contributed by atoms with van der Waals surface area (Å²) >= 11 is 0. The molecule has 0 bridgehead atoms. The number of likely N-dealkylation sites (N-methyl/N-ethyl adjacent to an activating group) is 1. The SMILES string of the molecule is Cc1ccc(-c2cc(C(F)(F)F)nn2-c2ccc(S(=O)(=O)NC(=O)[C@H](C(C)C)N(C)[N+]([O-])=NOC(C)OC(=O)OC(C)(C)C)cc2)cc1. The maximum absolute atomic E-state index is 13.6. The largest absolute Gasteiger partial charge is 0.569 e. The van der Waals surface area contributed by atoms with Gasteiger partial charge in [0.05, 0.1) is 28.3 Å². The molecule has 0 aliphatic rings. The molecular weight excluding hydrogens is 661 g/mol. The number of ether oxygens (including phenoxy) is 2. The van der Waals surface area contributed by atoms with Crippen molar-refractivity contribution in [3.05, 3.63) is 71.1 Å². The summed E-state index contributed by atoms with van der Waals surface area (Å²) < 4.78 is 79.8. The van der Waals surface area contributed by atoms with Crippen molar-refractivity contribution in [3.8, 4) is 16.9 Å². The number of hydrogen-bond donors (Lipinski definition) is 1. The number of aromatic nitrogens is 2. The molecule has 262 valence electrons. The molecule has 1 N–H and O–H groups in total. The standard InChI is InChI=1S/C30H37F3N6O8S/c1-18(2)26(37(8)39(42)36-47-20(4)45-28(41)46-29(5,6)7)27(40)35-48(43,44)23-15-13-22(14-16-23)38-24(17-25(34-38)30(31,32)33)21-11-9-19(3)10-12-21/h9-18,20,26H,1-8H3,(H,35,40)/t20?,26-/m0/s1. The van der Waals surface area contributed by atoms with Crippen LogP contribution in [0.25, 0.3) is 16.9 Å². The fraction of sp³-hybridized carbons (Fsp3) is 0.433. The number of nitrogens with one attached hydrogen (secondary N) is 1. The summed E-state index contributed by atoms with van der Waals surface area (Å²) in [5.74, 6) is -1.72. The van der Waals surface area contributed by atoms with E-state index in [0.717, 1.165) is 40.5 Å². The summed E-state index contributed by atoms with van der Waals surface area (Å²) in [6.07, 6.45) is -7.16. The Kier molecular flexibility index (Phi) is 11.3. The van der Waals surface area contributed by atoms with Gasteiger partial charge in [-0.2, -0.15) is 18.3 Å². The van der Waals surface area contributed by atoms with Gasteiger partial charge in [0.15, 0.2) is 11.7 Å². The van der Waals surface area contributed by atoms with Crippen LogP contribution in [0.5, 0.6) is 0 Å².